The molecule has 1 aliphatic heterocycles. The molecule has 9 heteroatoms. The Hall–Kier alpha value is -2.23. The van der Waals surface area contributed by atoms with Crippen molar-refractivity contribution in [1.82, 2.24) is 14.4 Å². The highest BCUT2D eigenvalue weighted by molar-refractivity contribution is 9.10. The van der Waals surface area contributed by atoms with Crippen molar-refractivity contribution in [3.8, 4) is 17.1 Å². The zero-order valence-electron chi connectivity index (χ0n) is 16.5. The number of nitrogens with zero attached hydrogens (tertiary/aromatic N) is 3. The average Bonchev–Trinajstić information content (AvgIpc) is 3.25. The quantitative estimate of drug-likeness (QED) is 0.505. The van der Waals surface area contributed by atoms with Crippen molar-refractivity contribution >= 4 is 26.0 Å². The number of hydrogen-bond donors (Lipinski definition) is 0. The van der Waals surface area contributed by atoms with Crippen LogP contribution in [0.5, 0.6) is 5.75 Å². The molecule has 4 rings (SSSR count). The van der Waals surface area contributed by atoms with E-state index in [2.05, 4.69) is 26.1 Å². The van der Waals surface area contributed by atoms with Gasteiger partial charge in [0.2, 0.25) is 21.7 Å². The predicted octanol–water partition coefficient (Wildman–Crippen LogP) is 4.47. The fourth-order valence-electron chi connectivity index (χ4n) is 3.56. The predicted molar refractivity (Wildman–Crippen MR) is 116 cm³/mol. The molecule has 0 spiro atoms. The number of piperidine rings is 1. The van der Waals surface area contributed by atoms with E-state index in [1.54, 1.807) is 24.3 Å². The molecule has 1 aromatic heterocycles. The first-order valence-electron chi connectivity index (χ1n) is 9.80. The molecular formula is C21H22BrN3O4S. The number of aromatic nitrogens is 2. The lowest BCUT2D eigenvalue weighted by Gasteiger charge is -2.30. The minimum Gasteiger partial charge on any atom is -0.493 e. The van der Waals surface area contributed by atoms with Crippen LogP contribution >= 0.6 is 15.9 Å². The molecule has 1 fully saturated rings. The van der Waals surface area contributed by atoms with Crippen LogP contribution in [0.15, 0.2) is 62.4 Å². The van der Waals surface area contributed by atoms with Crippen LogP contribution < -0.4 is 4.74 Å². The van der Waals surface area contributed by atoms with Crippen LogP contribution in [0.2, 0.25) is 0 Å². The maximum Gasteiger partial charge on any atom is 0.243 e. The monoisotopic (exact) mass is 491 g/mol. The molecule has 1 atom stereocenters. The van der Waals surface area contributed by atoms with E-state index in [4.69, 9.17) is 9.26 Å². The van der Waals surface area contributed by atoms with Crippen LogP contribution in [0.3, 0.4) is 0 Å². The lowest BCUT2D eigenvalue weighted by atomic mass is 10.00. The SMILES string of the molecule is CCOc1ccccc1-c1noc([C@H]2CCCN(S(=O)(=O)c3ccc(Br)cc3)C2)n1. The zero-order valence-corrected chi connectivity index (χ0v) is 18.9. The normalized spacial score (nSPS) is 17.7. The van der Waals surface area contributed by atoms with Gasteiger partial charge in [-0.05, 0) is 56.2 Å². The van der Waals surface area contributed by atoms with Gasteiger partial charge in [0.05, 0.1) is 23.0 Å². The van der Waals surface area contributed by atoms with Gasteiger partial charge < -0.3 is 9.26 Å². The van der Waals surface area contributed by atoms with Gasteiger partial charge in [-0.1, -0.05) is 33.2 Å². The van der Waals surface area contributed by atoms with Crippen LogP contribution in [0.4, 0.5) is 0 Å². The van der Waals surface area contributed by atoms with E-state index in [0.29, 0.717) is 37.2 Å². The number of ether oxygens (including phenoxy) is 1. The van der Waals surface area contributed by atoms with E-state index in [1.807, 2.05) is 31.2 Å². The molecule has 0 radical (unpaired) electrons. The van der Waals surface area contributed by atoms with E-state index in [-0.39, 0.29) is 10.8 Å². The van der Waals surface area contributed by atoms with E-state index in [9.17, 15) is 8.42 Å². The summed E-state index contributed by atoms with van der Waals surface area (Å²) in [5, 5.41) is 4.12. The topological polar surface area (TPSA) is 85.5 Å². The highest BCUT2D eigenvalue weighted by Gasteiger charge is 2.33. The van der Waals surface area contributed by atoms with Crippen LogP contribution in [-0.2, 0) is 10.0 Å². The van der Waals surface area contributed by atoms with Crippen molar-refractivity contribution in [2.75, 3.05) is 19.7 Å². The molecule has 2 aromatic carbocycles. The number of hydrogen-bond acceptors (Lipinski definition) is 6. The van der Waals surface area contributed by atoms with Gasteiger partial charge in [0.25, 0.3) is 0 Å². The smallest absolute Gasteiger partial charge is 0.243 e. The molecule has 158 valence electrons. The van der Waals surface area contributed by atoms with Gasteiger partial charge in [-0.2, -0.15) is 9.29 Å². The summed E-state index contributed by atoms with van der Waals surface area (Å²) < 4.78 is 39.6. The molecular weight excluding hydrogens is 470 g/mol. The number of sulfonamides is 1. The summed E-state index contributed by atoms with van der Waals surface area (Å²) in [7, 11) is -3.58. The Labute approximate surface area is 184 Å². The summed E-state index contributed by atoms with van der Waals surface area (Å²) in [4.78, 5) is 4.84. The lowest BCUT2D eigenvalue weighted by molar-refractivity contribution is 0.265. The van der Waals surface area contributed by atoms with Crippen molar-refractivity contribution in [3.05, 3.63) is 58.9 Å². The minimum atomic E-state index is -3.58. The molecule has 7 nitrogen and oxygen atoms in total. The Morgan fingerprint density at radius 2 is 1.97 bits per heavy atom. The van der Waals surface area contributed by atoms with Gasteiger partial charge >= 0.3 is 0 Å². The highest BCUT2D eigenvalue weighted by atomic mass is 79.9. The van der Waals surface area contributed by atoms with Gasteiger partial charge in [-0.25, -0.2) is 8.42 Å². The first-order chi connectivity index (χ1) is 14.5. The van der Waals surface area contributed by atoms with Gasteiger partial charge in [-0.15, -0.1) is 0 Å². The highest BCUT2D eigenvalue weighted by Crippen LogP contribution is 2.33. The molecule has 1 saturated heterocycles. The second kappa shape index (κ2) is 8.87. The molecule has 30 heavy (non-hydrogen) atoms. The van der Waals surface area contributed by atoms with Gasteiger partial charge in [-0.3, -0.25) is 0 Å². The molecule has 1 aliphatic rings. The summed E-state index contributed by atoms with van der Waals surface area (Å²) in [6.45, 7) is 3.24. The van der Waals surface area contributed by atoms with Crippen molar-refractivity contribution in [2.24, 2.45) is 0 Å². The van der Waals surface area contributed by atoms with Crippen LogP contribution in [-0.4, -0.2) is 42.6 Å². The summed E-state index contributed by atoms with van der Waals surface area (Å²) in [6.07, 6.45) is 1.52. The Morgan fingerprint density at radius 3 is 2.73 bits per heavy atom. The van der Waals surface area contributed by atoms with Gasteiger partial charge in [0.15, 0.2) is 0 Å². The number of benzene rings is 2. The minimum absolute atomic E-state index is 0.149. The van der Waals surface area contributed by atoms with E-state index in [1.165, 1.54) is 4.31 Å². The van der Waals surface area contributed by atoms with Crippen molar-refractivity contribution in [2.45, 2.75) is 30.6 Å². The second-order valence-electron chi connectivity index (χ2n) is 7.04. The Bertz CT molecular complexity index is 1120. The Balaban J connectivity index is 1.55. The van der Waals surface area contributed by atoms with E-state index < -0.39 is 10.0 Å². The fraction of sp³-hybridized carbons (Fsp3) is 0.333. The molecule has 0 N–H and O–H groups in total. The third-order valence-electron chi connectivity index (χ3n) is 5.05. The third-order valence-corrected chi connectivity index (χ3v) is 7.46. The summed E-state index contributed by atoms with van der Waals surface area (Å²) in [5.41, 5.74) is 0.754. The largest absolute Gasteiger partial charge is 0.493 e. The molecule has 0 aliphatic carbocycles. The maximum absolute atomic E-state index is 13.0. The number of rotatable bonds is 6. The van der Waals surface area contributed by atoms with Gasteiger partial charge in [0.1, 0.15) is 5.75 Å². The average molecular weight is 492 g/mol. The van der Waals surface area contributed by atoms with Gasteiger partial charge in [0, 0.05) is 17.6 Å². The molecule has 3 aromatic rings. The van der Waals surface area contributed by atoms with Crippen molar-refractivity contribution in [1.29, 1.82) is 0 Å². The first-order valence-corrected chi connectivity index (χ1v) is 12.0. The Morgan fingerprint density at radius 1 is 1.20 bits per heavy atom. The Kier molecular flexibility index (Phi) is 6.21. The number of halogens is 1. The van der Waals surface area contributed by atoms with Crippen LogP contribution in [0, 0.1) is 0 Å². The lowest BCUT2D eigenvalue weighted by Crippen LogP contribution is -2.39. The maximum atomic E-state index is 13.0. The first kappa shape index (κ1) is 21.0. The summed E-state index contributed by atoms with van der Waals surface area (Å²) in [6, 6.07) is 14.2. The molecule has 0 unspecified atom stereocenters. The second-order valence-corrected chi connectivity index (χ2v) is 9.90. The molecule has 2 heterocycles. The zero-order chi connectivity index (χ0) is 21.1. The number of para-hydroxylation sites is 1. The standard InChI is InChI=1S/C21H22BrN3O4S/c1-2-28-19-8-4-3-7-18(19)20-23-21(29-24-20)15-6-5-13-25(14-15)30(26,27)17-11-9-16(22)10-12-17/h3-4,7-12,15H,2,5-6,13-14H2,1H3/t15-/m0/s1. The third kappa shape index (κ3) is 4.28. The van der Waals surface area contributed by atoms with Crippen molar-refractivity contribution in [3.63, 3.8) is 0 Å². The van der Waals surface area contributed by atoms with E-state index in [0.717, 1.165) is 22.9 Å². The summed E-state index contributed by atoms with van der Waals surface area (Å²) >= 11 is 3.34. The summed E-state index contributed by atoms with van der Waals surface area (Å²) in [5.74, 6) is 1.44. The fourth-order valence-corrected chi connectivity index (χ4v) is 5.35. The van der Waals surface area contributed by atoms with Crippen LogP contribution in [0.25, 0.3) is 11.4 Å². The van der Waals surface area contributed by atoms with Crippen molar-refractivity contribution < 1.29 is 17.7 Å². The molecule has 0 saturated carbocycles. The van der Waals surface area contributed by atoms with Crippen LogP contribution in [0.1, 0.15) is 31.6 Å². The molecule has 0 bridgehead atoms. The van der Waals surface area contributed by atoms with E-state index >= 15 is 0 Å². The molecule has 0 amide bonds.